The zero-order valence-electron chi connectivity index (χ0n) is 22.2. The van der Waals surface area contributed by atoms with Crippen molar-refractivity contribution in [2.75, 3.05) is 17.7 Å². The van der Waals surface area contributed by atoms with Gasteiger partial charge in [-0.25, -0.2) is 4.98 Å². The minimum atomic E-state index is -0.569. The molecule has 0 aliphatic rings. The molecule has 11 heteroatoms. The fraction of sp³-hybridized carbons (Fsp3) is 0.0645. The monoisotopic (exact) mass is 596 g/mol. The topological polar surface area (TPSA) is 123 Å². The Bertz CT molecular complexity index is 1730. The number of thioether (sulfide) groups is 1. The van der Waals surface area contributed by atoms with E-state index in [-0.39, 0.29) is 17.2 Å². The SMILES string of the molecule is COc1cccc(-c2csc(NC(=O)C(Sc3ccc(NC(=O)c4cccc([N+](=O)[O-])c4)cc3)c3ccccc3)n2)c1. The van der Waals surface area contributed by atoms with E-state index in [0.717, 1.165) is 27.5 Å². The smallest absolute Gasteiger partial charge is 0.270 e. The van der Waals surface area contributed by atoms with Gasteiger partial charge in [-0.2, -0.15) is 0 Å². The first kappa shape index (κ1) is 28.5. The summed E-state index contributed by atoms with van der Waals surface area (Å²) in [5, 5.41) is 18.5. The largest absolute Gasteiger partial charge is 0.497 e. The number of hydrogen-bond donors (Lipinski definition) is 2. The van der Waals surface area contributed by atoms with Crippen molar-refractivity contribution in [2.24, 2.45) is 0 Å². The molecule has 4 aromatic carbocycles. The first-order valence-electron chi connectivity index (χ1n) is 12.7. The Hall–Kier alpha value is -5.00. The number of anilines is 2. The fourth-order valence-corrected chi connectivity index (χ4v) is 5.78. The summed E-state index contributed by atoms with van der Waals surface area (Å²) in [5.41, 5.74) is 2.99. The van der Waals surface area contributed by atoms with Gasteiger partial charge in [-0.1, -0.05) is 48.5 Å². The van der Waals surface area contributed by atoms with E-state index in [1.807, 2.05) is 60.0 Å². The Morgan fingerprint density at radius 1 is 0.929 bits per heavy atom. The predicted octanol–water partition coefficient (Wildman–Crippen LogP) is 7.45. The molecule has 5 rings (SSSR count). The lowest BCUT2D eigenvalue weighted by atomic mass is 10.1. The molecule has 1 unspecified atom stereocenters. The molecule has 0 saturated carbocycles. The van der Waals surface area contributed by atoms with Crippen molar-refractivity contribution in [1.82, 2.24) is 4.98 Å². The summed E-state index contributed by atoms with van der Waals surface area (Å²) in [4.78, 5) is 42.0. The number of methoxy groups -OCH3 is 1. The van der Waals surface area contributed by atoms with Gasteiger partial charge in [-0.15, -0.1) is 23.1 Å². The number of carbonyl (C=O) groups excluding carboxylic acids is 2. The van der Waals surface area contributed by atoms with Crippen LogP contribution >= 0.6 is 23.1 Å². The van der Waals surface area contributed by atoms with E-state index in [1.165, 1.54) is 47.4 Å². The molecular weight excluding hydrogens is 572 g/mol. The highest BCUT2D eigenvalue weighted by Crippen LogP contribution is 2.37. The average Bonchev–Trinajstić information content (AvgIpc) is 3.49. The summed E-state index contributed by atoms with van der Waals surface area (Å²) in [6.45, 7) is 0. The number of thiazole rings is 1. The Morgan fingerprint density at radius 2 is 1.69 bits per heavy atom. The molecule has 9 nitrogen and oxygen atoms in total. The molecule has 0 radical (unpaired) electrons. The van der Waals surface area contributed by atoms with E-state index in [2.05, 4.69) is 15.6 Å². The standard InChI is InChI=1S/C31H24N4O5S2/c1-40-25-12-6-9-21(18-25)27-19-41-31(33-27)34-30(37)28(20-7-3-2-4-8-20)42-26-15-13-23(14-16-26)32-29(36)22-10-5-11-24(17-22)35(38)39/h2-19,28H,1H3,(H,32,36)(H,33,34,37). The fourth-order valence-electron chi connectivity index (χ4n) is 4.03. The number of non-ortho nitro benzene ring substituents is 1. The number of nitrogens with zero attached hydrogens (tertiary/aromatic N) is 2. The molecule has 2 N–H and O–H groups in total. The number of nitro benzene ring substituents is 1. The van der Waals surface area contributed by atoms with Gasteiger partial charge in [0.25, 0.3) is 11.6 Å². The summed E-state index contributed by atoms with van der Waals surface area (Å²) in [7, 11) is 1.61. The molecule has 0 saturated heterocycles. The maximum Gasteiger partial charge on any atom is 0.270 e. The number of ether oxygens (including phenoxy) is 1. The number of carbonyl (C=O) groups is 2. The summed E-state index contributed by atoms with van der Waals surface area (Å²) in [6.07, 6.45) is 0. The van der Waals surface area contributed by atoms with Crippen molar-refractivity contribution in [3.8, 4) is 17.0 Å². The van der Waals surface area contributed by atoms with E-state index in [1.54, 1.807) is 31.4 Å². The van der Waals surface area contributed by atoms with Gasteiger partial charge in [-0.05, 0) is 48.0 Å². The maximum atomic E-state index is 13.5. The van der Waals surface area contributed by atoms with Crippen molar-refractivity contribution in [3.05, 3.63) is 130 Å². The summed E-state index contributed by atoms with van der Waals surface area (Å²) in [6, 6.07) is 29.6. The van der Waals surface area contributed by atoms with Gasteiger partial charge in [0.15, 0.2) is 5.13 Å². The van der Waals surface area contributed by atoms with Crippen LogP contribution in [0.4, 0.5) is 16.5 Å². The summed E-state index contributed by atoms with van der Waals surface area (Å²) >= 11 is 2.71. The molecule has 2 amide bonds. The van der Waals surface area contributed by atoms with Crippen LogP contribution in [0.15, 0.2) is 113 Å². The summed E-state index contributed by atoms with van der Waals surface area (Å²) in [5.74, 6) is 0.0412. The lowest BCUT2D eigenvalue weighted by Crippen LogP contribution is -2.19. The van der Waals surface area contributed by atoms with Crippen molar-refractivity contribution in [2.45, 2.75) is 10.1 Å². The van der Waals surface area contributed by atoms with Gasteiger partial charge < -0.3 is 15.4 Å². The van der Waals surface area contributed by atoms with Gasteiger partial charge in [0.05, 0.1) is 17.7 Å². The molecule has 0 aliphatic carbocycles. The molecule has 0 aliphatic heterocycles. The molecule has 1 atom stereocenters. The molecule has 0 fully saturated rings. The number of benzene rings is 4. The molecule has 210 valence electrons. The molecule has 42 heavy (non-hydrogen) atoms. The lowest BCUT2D eigenvalue weighted by Gasteiger charge is -2.16. The van der Waals surface area contributed by atoms with Crippen LogP contribution in [0.3, 0.4) is 0 Å². The van der Waals surface area contributed by atoms with Gasteiger partial charge >= 0.3 is 0 Å². The first-order valence-corrected chi connectivity index (χ1v) is 14.4. The molecule has 1 heterocycles. The minimum absolute atomic E-state index is 0.158. The average molecular weight is 597 g/mol. The Kier molecular flexibility index (Phi) is 8.90. The third-order valence-electron chi connectivity index (χ3n) is 6.13. The minimum Gasteiger partial charge on any atom is -0.497 e. The van der Waals surface area contributed by atoms with Crippen LogP contribution < -0.4 is 15.4 Å². The highest BCUT2D eigenvalue weighted by Gasteiger charge is 2.23. The maximum absolute atomic E-state index is 13.5. The number of nitro groups is 1. The first-order chi connectivity index (χ1) is 20.4. The van der Waals surface area contributed by atoms with Gasteiger partial charge in [-0.3, -0.25) is 19.7 Å². The highest BCUT2D eigenvalue weighted by molar-refractivity contribution is 8.00. The van der Waals surface area contributed by atoms with Gasteiger partial charge in [0.2, 0.25) is 5.91 Å². The van der Waals surface area contributed by atoms with Crippen molar-refractivity contribution in [1.29, 1.82) is 0 Å². The Morgan fingerprint density at radius 3 is 2.43 bits per heavy atom. The van der Waals surface area contributed by atoms with E-state index in [0.29, 0.717) is 10.8 Å². The quantitative estimate of drug-likeness (QED) is 0.0975. The third kappa shape index (κ3) is 7.00. The van der Waals surface area contributed by atoms with Crippen LogP contribution in [0.25, 0.3) is 11.3 Å². The van der Waals surface area contributed by atoms with E-state index < -0.39 is 16.1 Å². The van der Waals surface area contributed by atoms with Crippen LogP contribution in [0.5, 0.6) is 5.75 Å². The Balaban J connectivity index is 1.29. The highest BCUT2D eigenvalue weighted by atomic mass is 32.2. The van der Waals surface area contributed by atoms with Gasteiger partial charge in [0.1, 0.15) is 11.0 Å². The van der Waals surface area contributed by atoms with Gasteiger partial charge in [0, 0.05) is 39.2 Å². The van der Waals surface area contributed by atoms with Crippen LogP contribution in [0, 0.1) is 10.1 Å². The van der Waals surface area contributed by atoms with Crippen LogP contribution in [-0.2, 0) is 4.79 Å². The molecule has 0 spiro atoms. The molecule has 1 aromatic heterocycles. The second-order valence-corrected chi connectivity index (χ2v) is 11.0. The number of rotatable bonds is 10. The number of aromatic nitrogens is 1. The van der Waals surface area contributed by atoms with Crippen LogP contribution in [-0.4, -0.2) is 28.8 Å². The van der Waals surface area contributed by atoms with Crippen molar-refractivity contribution < 1.29 is 19.2 Å². The zero-order chi connectivity index (χ0) is 29.5. The van der Waals surface area contributed by atoms with Crippen molar-refractivity contribution >= 4 is 51.4 Å². The normalized spacial score (nSPS) is 11.4. The second kappa shape index (κ2) is 13.1. The lowest BCUT2D eigenvalue weighted by molar-refractivity contribution is -0.384. The second-order valence-electron chi connectivity index (χ2n) is 8.95. The third-order valence-corrected chi connectivity index (χ3v) is 8.15. The zero-order valence-corrected chi connectivity index (χ0v) is 23.9. The molecule has 0 bridgehead atoms. The van der Waals surface area contributed by atoms with Crippen molar-refractivity contribution in [3.63, 3.8) is 0 Å². The predicted molar refractivity (Wildman–Crippen MR) is 165 cm³/mol. The van der Waals surface area contributed by atoms with E-state index in [9.17, 15) is 19.7 Å². The van der Waals surface area contributed by atoms with Crippen LogP contribution in [0.1, 0.15) is 21.2 Å². The molecular formula is C31H24N4O5S2. The summed E-state index contributed by atoms with van der Waals surface area (Å²) < 4.78 is 5.30. The molecule has 5 aromatic rings. The van der Waals surface area contributed by atoms with E-state index in [4.69, 9.17) is 4.74 Å². The number of hydrogen-bond acceptors (Lipinski definition) is 8. The van der Waals surface area contributed by atoms with E-state index >= 15 is 0 Å². The van der Waals surface area contributed by atoms with Crippen LogP contribution in [0.2, 0.25) is 0 Å². The number of nitrogens with one attached hydrogen (secondary N) is 2. The number of amides is 2. The Labute approximate surface area is 249 Å².